The molecule has 2 rings (SSSR count). The maximum Gasteiger partial charge on any atom is 0.255 e. The molecule has 0 amide bonds. The smallest absolute Gasteiger partial charge is 0.255 e. The Kier molecular flexibility index (Phi) is 2.87. The van der Waals surface area contributed by atoms with Gasteiger partial charge in [-0.2, -0.15) is 0 Å². The van der Waals surface area contributed by atoms with Crippen LogP contribution in [-0.4, -0.2) is 25.1 Å². The fourth-order valence-corrected chi connectivity index (χ4v) is 1.89. The second-order valence-electron chi connectivity index (χ2n) is 5.28. The fraction of sp³-hybridized carbons (Fsp3) is 0.583. The van der Waals surface area contributed by atoms with Crippen LogP contribution in [0, 0.1) is 13.8 Å². The first kappa shape index (κ1) is 12.0. The van der Waals surface area contributed by atoms with Gasteiger partial charge in [0.1, 0.15) is 5.82 Å². The Bertz CT molecular complexity index is 536. The van der Waals surface area contributed by atoms with Gasteiger partial charge in [0.15, 0.2) is 0 Å². The normalized spacial score (nSPS) is 12.3. The van der Waals surface area contributed by atoms with Crippen LogP contribution in [0.2, 0.25) is 0 Å². The first-order valence-corrected chi connectivity index (χ1v) is 5.84. The van der Waals surface area contributed by atoms with Crippen molar-refractivity contribution in [1.82, 2.24) is 19.6 Å². The molecule has 0 saturated heterocycles. The minimum atomic E-state index is -0.183. The van der Waals surface area contributed by atoms with E-state index in [-0.39, 0.29) is 5.54 Å². The molecule has 0 radical (unpaired) electrons. The van der Waals surface area contributed by atoms with Gasteiger partial charge in [0, 0.05) is 23.3 Å². The Morgan fingerprint density at radius 2 is 2.00 bits per heavy atom. The summed E-state index contributed by atoms with van der Waals surface area (Å²) in [4.78, 5) is 4.36. The second kappa shape index (κ2) is 4.07. The largest absolute Gasteiger partial charge is 0.326 e. The molecule has 0 atom stereocenters. The van der Waals surface area contributed by atoms with E-state index in [2.05, 4.69) is 15.2 Å². The summed E-state index contributed by atoms with van der Waals surface area (Å²) in [6.45, 7) is 8.05. The number of hydrogen-bond donors (Lipinski definition) is 1. The monoisotopic (exact) mass is 233 g/mol. The van der Waals surface area contributed by atoms with Crippen molar-refractivity contribution >= 4 is 5.78 Å². The molecule has 0 aliphatic heterocycles. The van der Waals surface area contributed by atoms with E-state index in [1.807, 2.05) is 38.2 Å². The molecular formula is C12H19N5. The highest BCUT2D eigenvalue weighted by Gasteiger charge is 2.15. The zero-order chi connectivity index (χ0) is 12.6. The number of aryl methyl sites for hydroxylation is 3. The number of nitrogens with two attached hydrogens (primary N) is 1. The lowest BCUT2D eigenvalue weighted by atomic mass is 10.00. The van der Waals surface area contributed by atoms with E-state index in [4.69, 9.17) is 5.73 Å². The van der Waals surface area contributed by atoms with Crippen LogP contribution in [0.1, 0.15) is 37.5 Å². The zero-order valence-corrected chi connectivity index (χ0v) is 10.9. The highest BCUT2D eigenvalue weighted by Crippen LogP contribution is 2.12. The average molecular weight is 233 g/mol. The van der Waals surface area contributed by atoms with E-state index in [0.29, 0.717) is 5.78 Å². The summed E-state index contributed by atoms with van der Waals surface area (Å²) in [7, 11) is 0. The van der Waals surface area contributed by atoms with E-state index >= 15 is 0 Å². The number of aromatic nitrogens is 4. The highest BCUT2D eigenvalue weighted by atomic mass is 15.3. The molecule has 0 saturated carbocycles. The van der Waals surface area contributed by atoms with Gasteiger partial charge in [0.05, 0.1) is 0 Å². The van der Waals surface area contributed by atoms with Crippen molar-refractivity contribution in [3.63, 3.8) is 0 Å². The van der Waals surface area contributed by atoms with Gasteiger partial charge in [-0.25, -0.2) is 4.98 Å². The summed E-state index contributed by atoms with van der Waals surface area (Å²) in [5.74, 6) is 1.61. The maximum absolute atomic E-state index is 5.99. The van der Waals surface area contributed by atoms with Gasteiger partial charge in [0.2, 0.25) is 0 Å². The number of nitrogens with zero attached hydrogens (tertiary/aromatic N) is 4. The van der Waals surface area contributed by atoms with Crippen molar-refractivity contribution < 1.29 is 0 Å². The average Bonchev–Trinajstić information content (AvgIpc) is 2.56. The highest BCUT2D eigenvalue weighted by molar-refractivity contribution is 5.32. The van der Waals surface area contributed by atoms with Crippen LogP contribution in [0.5, 0.6) is 0 Å². The Labute approximate surface area is 101 Å². The summed E-state index contributed by atoms with van der Waals surface area (Å²) in [5, 5.41) is 8.30. The Morgan fingerprint density at radius 3 is 2.65 bits per heavy atom. The third-order valence-electron chi connectivity index (χ3n) is 2.75. The van der Waals surface area contributed by atoms with E-state index in [9.17, 15) is 0 Å². The first-order valence-electron chi connectivity index (χ1n) is 5.84. The molecule has 0 bridgehead atoms. The minimum Gasteiger partial charge on any atom is -0.326 e. The summed E-state index contributed by atoms with van der Waals surface area (Å²) in [6.07, 6.45) is 1.69. The molecule has 0 spiro atoms. The summed E-state index contributed by atoms with van der Waals surface area (Å²) >= 11 is 0. The van der Waals surface area contributed by atoms with Crippen molar-refractivity contribution in [2.24, 2.45) is 5.73 Å². The maximum atomic E-state index is 5.99. The van der Waals surface area contributed by atoms with Crippen LogP contribution in [-0.2, 0) is 6.42 Å². The minimum absolute atomic E-state index is 0.183. The van der Waals surface area contributed by atoms with Gasteiger partial charge in [-0.3, -0.25) is 4.40 Å². The first-order chi connectivity index (χ1) is 7.87. The lowest BCUT2D eigenvalue weighted by Crippen LogP contribution is -2.32. The Balaban J connectivity index is 2.36. The molecule has 5 nitrogen and oxygen atoms in total. The molecule has 0 aliphatic rings. The van der Waals surface area contributed by atoms with E-state index in [0.717, 1.165) is 30.1 Å². The Morgan fingerprint density at radius 1 is 1.29 bits per heavy atom. The van der Waals surface area contributed by atoms with Crippen LogP contribution in [0.15, 0.2) is 6.07 Å². The summed E-state index contributed by atoms with van der Waals surface area (Å²) < 4.78 is 2.00. The van der Waals surface area contributed by atoms with Crippen molar-refractivity contribution in [1.29, 1.82) is 0 Å². The van der Waals surface area contributed by atoms with E-state index < -0.39 is 0 Å². The lowest BCUT2D eigenvalue weighted by molar-refractivity contribution is 0.469. The molecule has 5 heteroatoms. The van der Waals surface area contributed by atoms with Gasteiger partial charge in [-0.15, -0.1) is 10.2 Å². The van der Waals surface area contributed by atoms with Crippen LogP contribution in [0.25, 0.3) is 5.78 Å². The number of rotatable bonds is 3. The standard InChI is InChI=1S/C12H19N5/c1-8-7-9(2)17-10(5-6-12(3,4)13)15-16-11(17)14-8/h7H,5-6,13H2,1-4H3. The lowest BCUT2D eigenvalue weighted by Gasteiger charge is -2.17. The van der Waals surface area contributed by atoms with Crippen molar-refractivity contribution in [2.45, 2.75) is 46.1 Å². The van der Waals surface area contributed by atoms with Crippen molar-refractivity contribution in [3.8, 4) is 0 Å². The van der Waals surface area contributed by atoms with Gasteiger partial charge >= 0.3 is 0 Å². The number of hydrogen-bond acceptors (Lipinski definition) is 4. The topological polar surface area (TPSA) is 69.1 Å². The van der Waals surface area contributed by atoms with Crippen molar-refractivity contribution in [3.05, 3.63) is 23.3 Å². The second-order valence-corrected chi connectivity index (χ2v) is 5.28. The molecule has 0 aliphatic carbocycles. The SMILES string of the molecule is Cc1cc(C)n2c(CCC(C)(C)N)nnc2n1. The molecule has 0 aromatic carbocycles. The fourth-order valence-electron chi connectivity index (χ4n) is 1.89. The van der Waals surface area contributed by atoms with Gasteiger partial charge < -0.3 is 5.73 Å². The molecule has 2 aromatic heterocycles. The number of fused-ring (bicyclic) bond motifs is 1. The third-order valence-corrected chi connectivity index (χ3v) is 2.75. The van der Waals surface area contributed by atoms with Gasteiger partial charge in [0.25, 0.3) is 5.78 Å². The van der Waals surface area contributed by atoms with Crippen LogP contribution < -0.4 is 5.73 Å². The molecular weight excluding hydrogens is 214 g/mol. The summed E-state index contributed by atoms with van der Waals surface area (Å²) in [6, 6.07) is 2.04. The Hall–Kier alpha value is -1.49. The van der Waals surface area contributed by atoms with Crippen molar-refractivity contribution in [2.75, 3.05) is 0 Å². The molecule has 92 valence electrons. The van der Waals surface area contributed by atoms with Crippen LogP contribution in [0.4, 0.5) is 0 Å². The van der Waals surface area contributed by atoms with Gasteiger partial charge in [-0.05, 0) is 40.2 Å². The predicted molar refractivity (Wildman–Crippen MR) is 66.8 cm³/mol. The molecule has 2 N–H and O–H groups in total. The zero-order valence-electron chi connectivity index (χ0n) is 10.9. The van der Waals surface area contributed by atoms with Gasteiger partial charge in [-0.1, -0.05) is 0 Å². The molecule has 0 unspecified atom stereocenters. The molecule has 0 fully saturated rings. The quantitative estimate of drug-likeness (QED) is 0.870. The molecule has 2 aromatic rings. The summed E-state index contributed by atoms with van der Waals surface area (Å²) in [5.41, 5.74) is 7.88. The van der Waals surface area contributed by atoms with Crippen LogP contribution in [0.3, 0.4) is 0 Å². The molecule has 17 heavy (non-hydrogen) atoms. The van der Waals surface area contributed by atoms with E-state index in [1.165, 1.54) is 0 Å². The van der Waals surface area contributed by atoms with E-state index in [1.54, 1.807) is 0 Å². The predicted octanol–water partition coefficient (Wildman–Crippen LogP) is 1.41. The van der Waals surface area contributed by atoms with Crippen LogP contribution >= 0.6 is 0 Å². The molecule has 2 heterocycles. The third kappa shape index (κ3) is 2.61.